The fraction of sp³-hybridized carbons (Fsp3) is 0.111. The molecule has 0 amide bonds. The number of nitrogens with zero attached hydrogens (tertiary/aromatic N) is 4. The van der Waals surface area contributed by atoms with E-state index in [1.54, 1.807) is 0 Å². The third kappa shape index (κ3) is 2.81. The van der Waals surface area contributed by atoms with Crippen LogP contribution in [0.4, 0.5) is 19.1 Å². The topological polar surface area (TPSA) is 69.4 Å². The van der Waals surface area contributed by atoms with Gasteiger partial charge in [-0.15, -0.1) is 23.2 Å². The van der Waals surface area contributed by atoms with Gasteiger partial charge in [0.25, 0.3) is 0 Å². The average Bonchev–Trinajstić information content (AvgIpc) is 2.76. The zero-order valence-corrected chi connectivity index (χ0v) is 8.63. The van der Waals surface area contributed by atoms with E-state index < -0.39 is 6.36 Å². The molecule has 1 aromatic carbocycles. The third-order valence-electron chi connectivity index (χ3n) is 1.90. The van der Waals surface area contributed by atoms with Gasteiger partial charge in [-0.25, -0.2) is 4.68 Å². The van der Waals surface area contributed by atoms with Crippen LogP contribution in [0.25, 0.3) is 5.69 Å². The molecule has 0 fully saturated rings. The van der Waals surface area contributed by atoms with Gasteiger partial charge in [0, 0.05) is 5.18 Å². The lowest BCUT2D eigenvalue weighted by Gasteiger charge is -2.08. The molecular formula is C9H5F3N4O2. The highest BCUT2D eigenvalue weighted by molar-refractivity contribution is 5.37. The van der Waals surface area contributed by atoms with Gasteiger partial charge in [0.05, 0.1) is 5.69 Å². The predicted octanol–water partition coefficient (Wildman–Crippen LogP) is 2.56. The molecule has 2 aromatic rings. The van der Waals surface area contributed by atoms with Crippen LogP contribution in [-0.4, -0.2) is 21.1 Å². The van der Waals surface area contributed by atoms with E-state index in [1.807, 2.05) is 0 Å². The van der Waals surface area contributed by atoms with Crippen LogP contribution in [0.15, 0.2) is 35.8 Å². The van der Waals surface area contributed by atoms with Crippen LogP contribution in [0, 0.1) is 4.91 Å². The van der Waals surface area contributed by atoms with Crippen molar-refractivity contribution in [3.63, 3.8) is 0 Å². The molecule has 0 aliphatic heterocycles. The number of benzene rings is 1. The number of ether oxygens (including phenoxy) is 1. The second-order valence-electron chi connectivity index (χ2n) is 3.12. The van der Waals surface area contributed by atoms with Crippen molar-refractivity contribution in [1.82, 2.24) is 14.8 Å². The van der Waals surface area contributed by atoms with Crippen molar-refractivity contribution in [1.29, 1.82) is 0 Å². The predicted molar refractivity (Wildman–Crippen MR) is 53.5 cm³/mol. The summed E-state index contributed by atoms with van der Waals surface area (Å²) >= 11 is 0. The van der Waals surface area contributed by atoms with Gasteiger partial charge in [-0.1, -0.05) is 0 Å². The van der Waals surface area contributed by atoms with E-state index in [1.165, 1.54) is 23.1 Å². The Morgan fingerprint density at radius 1 is 1.22 bits per heavy atom. The van der Waals surface area contributed by atoms with E-state index in [2.05, 4.69) is 20.0 Å². The second-order valence-corrected chi connectivity index (χ2v) is 3.12. The zero-order valence-electron chi connectivity index (χ0n) is 8.63. The van der Waals surface area contributed by atoms with Crippen LogP contribution < -0.4 is 4.74 Å². The molecule has 0 radical (unpaired) electrons. The highest BCUT2D eigenvalue weighted by atomic mass is 19.4. The molecule has 2 rings (SSSR count). The molecule has 6 nitrogen and oxygen atoms in total. The minimum atomic E-state index is -4.73. The number of alkyl halides is 3. The van der Waals surface area contributed by atoms with Crippen molar-refractivity contribution in [2.75, 3.05) is 0 Å². The van der Waals surface area contributed by atoms with Gasteiger partial charge in [0.2, 0.25) is 0 Å². The van der Waals surface area contributed by atoms with Gasteiger partial charge in [-0.3, -0.25) is 0 Å². The summed E-state index contributed by atoms with van der Waals surface area (Å²) in [6.45, 7) is 0. The molecule has 0 N–H and O–H groups in total. The summed E-state index contributed by atoms with van der Waals surface area (Å²) in [5, 5.41) is 6.18. The highest BCUT2D eigenvalue weighted by Gasteiger charge is 2.30. The maximum Gasteiger partial charge on any atom is 0.573 e. The summed E-state index contributed by atoms with van der Waals surface area (Å²) in [6, 6.07) is 4.92. The van der Waals surface area contributed by atoms with E-state index in [9.17, 15) is 18.1 Å². The van der Waals surface area contributed by atoms with Gasteiger partial charge in [0.1, 0.15) is 12.1 Å². The average molecular weight is 258 g/mol. The normalized spacial score (nSPS) is 11.3. The lowest BCUT2D eigenvalue weighted by Crippen LogP contribution is -2.17. The van der Waals surface area contributed by atoms with Crippen molar-refractivity contribution in [2.45, 2.75) is 6.36 Å². The summed E-state index contributed by atoms with van der Waals surface area (Å²) < 4.78 is 40.7. The first-order valence-electron chi connectivity index (χ1n) is 4.59. The van der Waals surface area contributed by atoms with Crippen molar-refractivity contribution < 1.29 is 17.9 Å². The van der Waals surface area contributed by atoms with Gasteiger partial charge in [-0.05, 0) is 24.3 Å². The quantitative estimate of drug-likeness (QED) is 0.793. The molecule has 9 heteroatoms. The molecule has 18 heavy (non-hydrogen) atoms. The van der Waals surface area contributed by atoms with Crippen LogP contribution in [-0.2, 0) is 0 Å². The Labute approximate surface area is 98.0 Å². The maximum atomic E-state index is 11.9. The first-order valence-corrected chi connectivity index (χ1v) is 4.59. The van der Waals surface area contributed by atoms with Crippen LogP contribution >= 0.6 is 0 Å². The largest absolute Gasteiger partial charge is 0.573 e. The number of nitroso groups, excluding NO2 is 1. The van der Waals surface area contributed by atoms with Crippen LogP contribution in [0.1, 0.15) is 0 Å². The lowest BCUT2D eigenvalue weighted by atomic mass is 10.3. The number of aromatic nitrogens is 3. The van der Waals surface area contributed by atoms with Gasteiger partial charge in [0.15, 0.2) is 0 Å². The van der Waals surface area contributed by atoms with E-state index in [0.717, 1.165) is 12.1 Å². The van der Waals surface area contributed by atoms with Crippen molar-refractivity contribution in [2.24, 2.45) is 5.18 Å². The Morgan fingerprint density at radius 2 is 1.89 bits per heavy atom. The van der Waals surface area contributed by atoms with Crippen molar-refractivity contribution >= 4 is 5.95 Å². The fourth-order valence-electron chi connectivity index (χ4n) is 1.22. The highest BCUT2D eigenvalue weighted by Crippen LogP contribution is 2.23. The number of hydrogen-bond donors (Lipinski definition) is 0. The summed E-state index contributed by atoms with van der Waals surface area (Å²) in [5.41, 5.74) is 0.423. The molecule has 0 aliphatic carbocycles. The zero-order chi connectivity index (χ0) is 13.2. The summed E-state index contributed by atoms with van der Waals surface area (Å²) in [6.07, 6.45) is -3.51. The number of halogens is 3. The lowest BCUT2D eigenvalue weighted by molar-refractivity contribution is -0.274. The van der Waals surface area contributed by atoms with E-state index in [-0.39, 0.29) is 11.7 Å². The molecule has 0 atom stereocenters. The molecule has 0 bridgehead atoms. The first kappa shape index (κ1) is 12.0. The van der Waals surface area contributed by atoms with Gasteiger partial charge in [-0.2, -0.15) is 4.98 Å². The van der Waals surface area contributed by atoms with Crippen molar-refractivity contribution in [3.8, 4) is 11.4 Å². The molecular weight excluding hydrogens is 253 g/mol. The Hall–Kier alpha value is -2.45. The smallest absolute Gasteiger partial charge is 0.406 e. The minimum Gasteiger partial charge on any atom is -0.406 e. The standard InChI is InChI=1S/C9H5F3N4O2/c10-9(11,12)18-7-3-1-6(2-4-7)16-5-13-8(14-16)15-17/h1-5H. The molecule has 1 heterocycles. The summed E-state index contributed by atoms with van der Waals surface area (Å²) in [5.74, 6) is -0.606. The summed E-state index contributed by atoms with van der Waals surface area (Å²) in [7, 11) is 0. The van der Waals surface area contributed by atoms with Crippen LogP contribution in [0.2, 0.25) is 0 Å². The molecule has 0 saturated carbocycles. The summed E-state index contributed by atoms with van der Waals surface area (Å²) in [4.78, 5) is 13.7. The van der Waals surface area contributed by atoms with Crippen LogP contribution in [0.5, 0.6) is 5.75 Å². The molecule has 0 unspecified atom stereocenters. The molecule has 0 spiro atoms. The Kier molecular flexibility index (Phi) is 2.96. The SMILES string of the molecule is O=Nc1ncn(-c2ccc(OC(F)(F)F)cc2)n1. The fourth-order valence-corrected chi connectivity index (χ4v) is 1.22. The maximum absolute atomic E-state index is 11.9. The third-order valence-corrected chi connectivity index (χ3v) is 1.90. The Morgan fingerprint density at radius 3 is 2.39 bits per heavy atom. The molecule has 94 valence electrons. The number of rotatable bonds is 3. The Balaban J connectivity index is 2.19. The number of hydrogen-bond acceptors (Lipinski definition) is 5. The van der Waals surface area contributed by atoms with Crippen molar-refractivity contribution in [3.05, 3.63) is 35.5 Å². The molecule has 0 aliphatic rings. The minimum absolute atomic E-state index is 0.259. The monoisotopic (exact) mass is 258 g/mol. The van der Waals surface area contributed by atoms with Gasteiger partial charge < -0.3 is 4.74 Å². The van der Waals surface area contributed by atoms with Crippen LogP contribution in [0.3, 0.4) is 0 Å². The molecule has 0 saturated heterocycles. The molecule has 1 aromatic heterocycles. The first-order chi connectivity index (χ1) is 8.48. The second kappa shape index (κ2) is 4.43. The van der Waals surface area contributed by atoms with Gasteiger partial charge >= 0.3 is 12.3 Å². The Bertz CT molecular complexity index is 550. The van der Waals surface area contributed by atoms with E-state index >= 15 is 0 Å². The van der Waals surface area contributed by atoms with E-state index in [0.29, 0.717) is 5.69 Å². The van der Waals surface area contributed by atoms with E-state index in [4.69, 9.17) is 0 Å².